The Hall–Kier alpha value is -4.48. The fourth-order valence-electron chi connectivity index (χ4n) is 4.34. The topological polar surface area (TPSA) is 111 Å². The molecule has 0 saturated carbocycles. The monoisotopic (exact) mass is 574 g/mol. The lowest BCUT2D eigenvalue weighted by Crippen LogP contribution is -2.46. The molecular formula is C28H23ClN6O4S. The molecule has 0 aliphatic carbocycles. The number of rotatable bonds is 8. The Morgan fingerprint density at radius 3 is 2.75 bits per heavy atom. The quantitative estimate of drug-likeness (QED) is 0.278. The summed E-state index contributed by atoms with van der Waals surface area (Å²) in [6.45, 7) is 1.87. The van der Waals surface area contributed by atoms with Crippen molar-refractivity contribution in [2.75, 3.05) is 12.1 Å². The molecule has 2 amide bonds. The maximum absolute atomic E-state index is 13.7. The largest absolute Gasteiger partial charge is 0.454 e. The Kier molecular flexibility index (Phi) is 7.06. The van der Waals surface area contributed by atoms with Gasteiger partial charge in [-0.25, -0.2) is 9.67 Å². The van der Waals surface area contributed by atoms with E-state index in [1.165, 1.54) is 20.9 Å². The average molecular weight is 575 g/mol. The van der Waals surface area contributed by atoms with Gasteiger partial charge in [0, 0.05) is 27.7 Å². The lowest BCUT2D eigenvalue weighted by atomic mass is 10.2. The Morgan fingerprint density at radius 1 is 1.10 bits per heavy atom. The van der Waals surface area contributed by atoms with E-state index in [1.54, 1.807) is 37.3 Å². The van der Waals surface area contributed by atoms with Gasteiger partial charge in [0.15, 0.2) is 11.5 Å². The maximum atomic E-state index is 13.7. The molecule has 1 N–H and O–H groups in total. The van der Waals surface area contributed by atoms with Crippen LogP contribution in [-0.2, 0) is 22.7 Å². The smallest absolute Gasteiger partial charge is 0.246 e. The molecule has 1 unspecified atom stereocenters. The van der Waals surface area contributed by atoms with E-state index in [4.69, 9.17) is 26.1 Å². The molecule has 3 aromatic carbocycles. The first kappa shape index (κ1) is 25.8. The van der Waals surface area contributed by atoms with Crippen molar-refractivity contribution in [3.8, 4) is 22.8 Å². The van der Waals surface area contributed by atoms with Crippen LogP contribution in [0.3, 0.4) is 0 Å². The standard InChI is InChI=1S/C28H23ClN6O4S/c1-17(28(37)30-20-10-11-24-25(12-20)39-16-38-24)34(27(36)14-35-23-5-3-2-4-21(23)32-33-35)13-26-31-22(15-40-26)18-6-8-19(29)9-7-18/h2-12,15,17H,13-14,16H2,1H3,(H,30,37). The molecule has 1 aliphatic heterocycles. The van der Waals surface area contributed by atoms with E-state index in [9.17, 15) is 9.59 Å². The van der Waals surface area contributed by atoms with Crippen LogP contribution in [0, 0.1) is 0 Å². The van der Waals surface area contributed by atoms with E-state index in [1.807, 2.05) is 41.8 Å². The van der Waals surface area contributed by atoms with E-state index in [0.29, 0.717) is 32.7 Å². The predicted molar refractivity (Wildman–Crippen MR) is 151 cm³/mol. The highest BCUT2D eigenvalue weighted by atomic mass is 35.5. The zero-order valence-electron chi connectivity index (χ0n) is 21.3. The maximum Gasteiger partial charge on any atom is 0.246 e. The van der Waals surface area contributed by atoms with Gasteiger partial charge in [-0.2, -0.15) is 0 Å². The van der Waals surface area contributed by atoms with E-state index >= 15 is 0 Å². The summed E-state index contributed by atoms with van der Waals surface area (Å²) in [5.74, 6) is 0.509. The average Bonchev–Trinajstić information content (AvgIpc) is 3.72. The molecule has 2 aromatic heterocycles. The summed E-state index contributed by atoms with van der Waals surface area (Å²) >= 11 is 7.44. The summed E-state index contributed by atoms with van der Waals surface area (Å²) in [6, 6.07) is 19.1. The molecule has 0 spiro atoms. The van der Waals surface area contributed by atoms with Gasteiger partial charge in [0.05, 0.1) is 17.8 Å². The van der Waals surface area contributed by atoms with Gasteiger partial charge in [0.1, 0.15) is 23.1 Å². The van der Waals surface area contributed by atoms with Gasteiger partial charge in [0.2, 0.25) is 18.6 Å². The van der Waals surface area contributed by atoms with Crippen LogP contribution >= 0.6 is 22.9 Å². The number of carbonyl (C=O) groups excluding carboxylic acids is 2. The molecule has 40 heavy (non-hydrogen) atoms. The fourth-order valence-corrected chi connectivity index (χ4v) is 5.27. The van der Waals surface area contributed by atoms with Gasteiger partial charge in [-0.3, -0.25) is 9.59 Å². The van der Waals surface area contributed by atoms with E-state index in [2.05, 4.69) is 15.6 Å². The summed E-state index contributed by atoms with van der Waals surface area (Å²) in [6.07, 6.45) is 0. The molecular weight excluding hydrogens is 552 g/mol. The van der Waals surface area contributed by atoms with Gasteiger partial charge < -0.3 is 19.7 Å². The first-order valence-corrected chi connectivity index (χ1v) is 13.7. The van der Waals surface area contributed by atoms with Crippen molar-refractivity contribution in [3.05, 3.63) is 82.1 Å². The molecule has 6 rings (SSSR count). The Balaban J connectivity index is 1.25. The number of halogens is 1. The number of carbonyl (C=O) groups is 2. The van der Waals surface area contributed by atoms with E-state index in [0.717, 1.165) is 16.8 Å². The molecule has 1 atom stereocenters. The van der Waals surface area contributed by atoms with Gasteiger partial charge in [0.25, 0.3) is 0 Å². The number of nitrogens with one attached hydrogen (secondary N) is 1. The number of para-hydroxylation sites is 1. The summed E-state index contributed by atoms with van der Waals surface area (Å²) < 4.78 is 12.3. The Labute approximate surface area is 238 Å². The molecule has 202 valence electrons. The van der Waals surface area contributed by atoms with Gasteiger partial charge in [-0.05, 0) is 43.3 Å². The van der Waals surface area contributed by atoms with Crippen LogP contribution in [-0.4, -0.2) is 49.5 Å². The van der Waals surface area contributed by atoms with Crippen LogP contribution < -0.4 is 14.8 Å². The summed E-state index contributed by atoms with van der Waals surface area (Å²) in [5, 5.41) is 14.4. The van der Waals surface area contributed by atoms with Crippen LogP contribution in [0.5, 0.6) is 11.5 Å². The highest BCUT2D eigenvalue weighted by Crippen LogP contribution is 2.34. The third kappa shape index (κ3) is 5.33. The first-order valence-electron chi connectivity index (χ1n) is 12.4. The van der Waals surface area contributed by atoms with E-state index in [-0.39, 0.29) is 31.7 Å². The van der Waals surface area contributed by atoms with Crippen molar-refractivity contribution < 1.29 is 19.1 Å². The van der Waals surface area contributed by atoms with Crippen molar-refractivity contribution in [3.63, 3.8) is 0 Å². The van der Waals surface area contributed by atoms with E-state index < -0.39 is 6.04 Å². The first-order chi connectivity index (χ1) is 19.4. The van der Waals surface area contributed by atoms with Gasteiger partial charge >= 0.3 is 0 Å². The molecule has 3 heterocycles. The second-order valence-corrected chi connectivity index (χ2v) is 10.5. The minimum atomic E-state index is -0.824. The second-order valence-electron chi connectivity index (χ2n) is 9.12. The van der Waals surface area contributed by atoms with Crippen LogP contribution in [0.15, 0.2) is 72.1 Å². The molecule has 0 bridgehead atoms. The number of hydrogen-bond donors (Lipinski definition) is 1. The number of nitrogens with zero attached hydrogens (tertiary/aromatic N) is 5. The Bertz CT molecular complexity index is 1700. The van der Waals surface area contributed by atoms with Crippen LogP contribution in [0.1, 0.15) is 11.9 Å². The lowest BCUT2D eigenvalue weighted by molar-refractivity contribution is -0.139. The molecule has 10 nitrogen and oxygen atoms in total. The molecule has 0 saturated heterocycles. The highest BCUT2D eigenvalue weighted by molar-refractivity contribution is 7.09. The number of hydrogen-bond acceptors (Lipinski definition) is 8. The minimum absolute atomic E-state index is 0.0857. The highest BCUT2D eigenvalue weighted by Gasteiger charge is 2.28. The van der Waals surface area contributed by atoms with Crippen molar-refractivity contribution in [1.82, 2.24) is 24.9 Å². The second kappa shape index (κ2) is 10.9. The van der Waals surface area contributed by atoms with Gasteiger partial charge in [-0.15, -0.1) is 16.4 Å². The zero-order valence-corrected chi connectivity index (χ0v) is 22.9. The van der Waals surface area contributed by atoms with Crippen LogP contribution in [0.25, 0.3) is 22.3 Å². The van der Waals surface area contributed by atoms with Crippen molar-refractivity contribution in [2.24, 2.45) is 0 Å². The van der Waals surface area contributed by atoms with Crippen molar-refractivity contribution in [1.29, 1.82) is 0 Å². The molecule has 0 fully saturated rings. The number of fused-ring (bicyclic) bond motifs is 2. The van der Waals surface area contributed by atoms with Gasteiger partial charge in [-0.1, -0.05) is 41.1 Å². The Morgan fingerprint density at radius 2 is 1.90 bits per heavy atom. The number of ether oxygens (including phenoxy) is 2. The number of amides is 2. The normalized spacial score (nSPS) is 12.8. The SMILES string of the molecule is CC(C(=O)Nc1ccc2c(c1)OCO2)N(Cc1nc(-c2ccc(Cl)cc2)cs1)C(=O)Cn1nnc2ccccc21. The molecule has 0 radical (unpaired) electrons. The summed E-state index contributed by atoms with van der Waals surface area (Å²) in [5.41, 5.74) is 3.63. The third-order valence-corrected chi connectivity index (χ3v) is 7.60. The molecule has 12 heteroatoms. The van der Waals surface area contributed by atoms with Crippen molar-refractivity contribution >= 4 is 51.5 Å². The fraction of sp³-hybridized carbons (Fsp3) is 0.179. The lowest BCUT2D eigenvalue weighted by Gasteiger charge is -2.28. The van der Waals surface area contributed by atoms with Crippen LogP contribution in [0.2, 0.25) is 5.02 Å². The zero-order chi connectivity index (χ0) is 27.6. The molecule has 1 aliphatic rings. The minimum Gasteiger partial charge on any atom is -0.454 e. The number of anilines is 1. The predicted octanol–water partition coefficient (Wildman–Crippen LogP) is 4.99. The summed E-state index contributed by atoms with van der Waals surface area (Å²) in [4.78, 5) is 33.3. The van der Waals surface area contributed by atoms with Crippen LogP contribution in [0.4, 0.5) is 5.69 Å². The third-order valence-electron chi connectivity index (χ3n) is 6.51. The number of thiazole rings is 1. The number of benzene rings is 3. The number of aromatic nitrogens is 4. The summed E-state index contributed by atoms with van der Waals surface area (Å²) in [7, 11) is 0. The van der Waals surface area contributed by atoms with Crippen molar-refractivity contribution in [2.45, 2.75) is 26.1 Å². The molecule has 5 aromatic rings.